The largest absolute Gasteiger partial charge is 0.352 e. The third-order valence-corrected chi connectivity index (χ3v) is 7.35. The first kappa shape index (κ1) is 25.7. The molecule has 188 valence electrons. The van der Waals surface area contributed by atoms with Crippen LogP contribution in [0.3, 0.4) is 0 Å². The van der Waals surface area contributed by atoms with E-state index in [9.17, 15) is 9.59 Å². The molecule has 0 aromatic heterocycles. The second-order valence-electron chi connectivity index (χ2n) is 10.2. The average Bonchev–Trinajstić information content (AvgIpc) is 2.90. The van der Waals surface area contributed by atoms with Crippen molar-refractivity contribution < 1.29 is 9.59 Å². The van der Waals surface area contributed by atoms with Gasteiger partial charge in [-0.1, -0.05) is 98.1 Å². The fourth-order valence-corrected chi connectivity index (χ4v) is 5.07. The molecule has 3 aromatic rings. The maximum Gasteiger partial charge on any atom is 0.243 e. The number of carbonyl (C=O) groups excluding carboxylic acids is 2. The lowest BCUT2D eigenvalue weighted by molar-refractivity contribution is -0.141. The molecule has 0 unspecified atom stereocenters. The molecule has 3 aromatic carbocycles. The number of rotatable bonds is 9. The maximum absolute atomic E-state index is 13.9. The van der Waals surface area contributed by atoms with E-state index in [1.54, 1.807) is 4.90 Å². The minimum Gasteiger partial charge on any atom is -0.352 e. The van der Waals surface area contributed by atoms with E-state index in [1.807, 2.05) is 66.7 Å². The van der Waals surface area contributed by atoms with Crippen LogP contribution in [0.25, 0.3) is 0 Å². The SMILES string of the molecule is Cc1ccc(CC(=O)N(Cc2ccccc2)[C@@H](Cc2ccccc2)C(=O)NC2CCCCC2)cc1C. The Bertz CT molecular complexity index is 1140. The minimum atomic E-state index is -0.575. The van der Waals surface area contributed by atoms with Gasteiger partial charge in [-0.2, -0.15) is 0 Å². The lowest BCUT2D eigenvalue weighted by atomic mass is 9.94. The van der Waals surface area contributed by atoms with E-state index in [2.05, 4.69) is 31.3 Å². The molecule has 0 aliphatic heterocycles. The van der Waals surface area contributed by atoms with Crippen LogP contribution >= 0.6 is 0 Å². The zero-order valence-electron chi connectivity index (χ0n) is 21.6. The summed E-state index contributed by atoms with van der Waals surface area (Å²) in [6.45, 7) is 4.55. The quantitative estimate of drug-likeness (QED) is 0.411. The van der Waals surface area contributed by atoms with Crippen LogP contribution in [0.5, 0.6) is 0 Å². The van der Waals surface area contributed by atoms with E-state index in [0.717, 1.165) is 42.4 Å². The van der Waals surface area contributed by atoms with Crippen LogP contribution in [0.15, 0.2) is 78.9 Å². The predicted octanol–water partition coefficient (Wildman–Crippen LogP) is 5.93. The molecular formula is C32H38N2O2. The van der Waals surface area contributed by atoms with Crippen LogP contribution in [-0.2, 0) is 29.0 Å². The molecule has 4 nitrogen and oxygen atoms in total. The van der Waals surface area contributed by atoms with E-state index in [1.165, 1.54) is 17.5 Å². The van der Waals surface area contributed by atoms with E-state index < -0.39 is 6.04 Å². The Balaban J connectivity index is 1.64. The molecule has 0 saturated heterocycles. The van der Waals surface area contributed by atoms with Gasteiger partial charge in [0.1, 0.15) is 6.04 Å². The smallest absolute Gasteiger partial charge is 0.243 e. The summed E-state index contributed by atoms with van der Waals surface area (Å²) in [4.78, 5) is 29.5. The highest BCUT2D eigenvalue weighted by atomic mass is 16.2. The van der Waals surface area contributed by atoms with Gasteiger partial charge in [0.15, 0.2) is 0 Å². The van der Waals surface area contributed by atoms with E-state index in [0.29, 0.717) is 13.0 Å². The van der Waals surface area contributed by atoms with Gasteiger partial charge in [-0.25, -0.2) is 0 Å². The summed E-state index contributed by atoms with van der Waals surface area (Å²) in [6, 6.07) is 25.8. The molecule has 0 spiro atoms. The highest BCUT2D eigenvalue weighted by Gasteiger charge is 2.32. The first-order valence-electron chi connectivity index (χ1n) is 13.2. The van der Waals surface area contributed by atoms with Crippen molar-refractivity contribution in [2.24, 2.45) is 0 Å². The number of benzene rings is 3. The van der Waals surface area contributed by atoms with Gasteiger partial charge in [0.25, 0.3) is 0 Å². The monoisotopic (exact) mass is 482 g/mol. The summed E-state index contributed by atoms with van der Waals surface area (Å²) in [6.07, 6.45) is 6.31. The maximum atomic E-state index is 13.9. The van der Waals surface area contributed by atoms with Crippen molar-refractivity contribution >= 4 is 11.8 Å². The number of aryl methyl sites for hydroxylation is 2. The number of hydrogen-bond acceptors (Lipinski definition) is 2. The molecule has 1 atom stereocenters. The molecule has 0 radical (unpaired) electrons. The molecule has 4 rings (SSSR count). The Morgan fingerprint density at radius 1 is 0.806 bits per heavy atom. The fraction of sp³-hybridized carbons (Fsp3) is 0.375. The number of carbonyl (C=O) groups is 2. The van der Waals surface area contributed by atoms with Crippen LogP contribution in [-0.4, -0.2) is 28.8 Å². The number of nitrogens with one attached hydrogen (secondary N) is 1. The Morgan fingerprint density at radius 2 is 1.44 bits per heavy atom. The predicted molar refractivity (Wildman–Crippen MR) is 146 cm³/mol. The summed E-state index contributed by atoms with van der Waals surface area (Å²) in [5.74, 6) is -0.0723. The molecular weight excluding hydrogens is 444 g/mol. The first-order valence-corrected chi connectivity index (χ1v) is 13.2. The number of hydrogen-bond donors (Lipinski definition) is 1. The summed E-state index contributed by atoms with van der Waals surface area (Å²) < 4.78 is 0. The molecule has 4 heteroatoms. The molecule has 1 N–H and O–H groups in total. The van der Waals surface area contributed by atoms with E-state index in [-0.39, 0.29) is 24.3 Å². The molecule has 1 fully saturated rings. The zero-order valence-corrected chi connectivity index (χ0v) is 21.6. The Kier molecular flexibility index (Phi) is 8.94. The lowest BCUT2D eigenvalue weighted by Gasteiger charge is -2.33. The van der Waals surface area contributed by atoms with E-state index >= 15 is 0 Å². The van der Waals surface area contributed by atoms with Crippen molar-refractivity contribution in [3.8, 4) is 0 Å². The number of amides is 2. The third-order valence-electron chi connectivity index (χ3n) is 7.35. The second-order valence-corrected chi connectivity index (χ2v) is 10.2. The van der Waals surface area contributed by atoms with Crippen LogP contribution in [0.2, 0.25) is 0 Å². The Labute approximate surface area is 215 Å². The normalized spacial score (nSPS) is 14.7. The lowest BCUT2D eigenvalue weighted by Crippen LogP contribution is -2.53. The van der Waals surface area contributed by atoms with E-state index in [4.69, 9.17) is 0 Å². The summed E-state index contributed by atoms with van der Waals surface area (Å²) in [5.41, 5.74) is 5.44. The molecule has 0 bridgehead atoms. The standard InChI is InChI=1S/C32H38N2O2/c1-24-18-19-28(20-25(24)2)22-31(35)34(23-27-14-8-4-9-15-27)30(21-26-12-6-3-7-13-26)32(36)33-29-16-10-5-11-17-29/h3-4,6-9,12-15,18-20,29-30H,5,10-11,16-17,21-23H2,1-2H3,(H,33,36)/t30-/m0/s1. The summed E-state index contributed by atoms with van der Waals surface area (Å²) in [5, 5.41) is 3.31. The van der Waals surface area contributed by atoms with Crippen LogP contribution in [0.1, 0.15) is 59.9 Å². The Hall–Kier alpha value is -3.40. The highest BCUT2D eigenvalue weighted by Crippen LogP contribution is 2.21. The van der Waals surface area contributed by atoms with Crippen LogP contribution < -0.4 is 5.32 Å². The average molecular weight is 483 g/mol. The van der Waals surface area contributed by atoms with Crippen molar-refractivity contribution in [1.29, 1.82) is 0 Å². The van der Waals surface area contributed by atoms with Crippen molar-refractivity contribution in [3.05, 3.63) is 107 Å². The van der Waals surface area contributed by atoms with Gasteiger partial charge in [-0.3, -0.25) is 9.59 Å². The van der Waals surface area contributed by atoms with Crippen molar-refractivity contribution in [3.63, 3.8) is 0 Å². The topological polar surface area (TPSA) is 49.4 Å². The van der Waals surface area contributed by atoms with Gasteiger partial charge < -0.3 is 10.2 Å². The van der Waals surface area contributed by atoms with Gasteiger partial charge >= 0.3 is 0 Å². The fourth-order valence-electron chi connectivity index (χ4n) is 5.07. The van der Waals surface area contributed by atoms with Gasteiger partial charge in [0.2, 0.25) is 11.8 Å². The molecule has 1 saturated carbocycles. The highest BCUT2D eigenvalue weighted by molar-refractivity contribution is 5.89. The first-order chi connectivity index (χ1) is 17.5. The molecule has 1 aliphatic rings. The molecule has 0 heterocycles. The van der Waals surface area contributed by atoms with Gasteiger partial charge in [0, 0.05) is 19.0 Å². The van der Waals surface area contributed by atoms with Gasteiger partial charge in [-0.15, -0.1) is 0 Å². The summed E-state index contributed by atoms with van der Waals surface area (Å²) in [7, 11) is 0. The summed E-state index contributed by atoms with van der Waals surface area (Å²) >= 11 is 0. The van der Waals surface area contributed by atoms with Gasteiger partial charge in [-0.05, 0) is 54.5 Å². The molecule has 36 heavy (non-hydrogen) atoms. The van der Waals surface area contributed by atoms with Crippen molar-refractivity contribution in [2.45, 2.75) is 77.4 Å². The van der Waals surface area contributed by atoms with Gasteiger partial charge in [0.05, 0.1) is 6.42 Å². The zero-order chi connectivity index (χ0) is 25.3. The van der Waals surface area contributed by atoms with Crippen LogP contribution in [0.4, 0.5) is 0 Å². The van der Waals surface area contributed by atoms with Crippen molar-refractivity contribution in [1.82, 2.24) is 10.2 Å². The molecule has 1 aliphatic carbocycles. The third kappa shape index (κ3) is 7.07. The number of nitrogens with zero attached hydrogens (tertiary/aromatic N) is 1. The Morgan fingerprint density at radius 3 is 2.08 bits per heavy atom. The molecule has 2 amide bonds. The van der Waals surface area contributed by atoms with Crippen LogP contribution in [0, 0.1) is 13.8 Å². The van der Waals surface area contributed by atoms with Crippen molar-refractivity contribution in [2.75, 3.05) is 0 Å². The minimum absolute atomic E-state index is 0.0261. The second kappa shape index (κ2) is 12.5.